The van der Waals surface area contributed by atoms with Gasteiger partial charge in [0.05, 0.1) is 7.11 Å². The molecule has 0 bridgehead atoms. The molecule has 4 heteroatoms. The SMILES string of the molecule is COc1c(C)c(C)cc(C)c1C(F)(F)F. The van der Waals surface area contributed by atoms with Gasteiger partial charge in [0.15, 0.2) is 0 Å². The van der Waals surface area contributed by atoms with E-state index in [1.54, 1.807) is 13.8 Å². The van der Waals surface area contributed by atoms with Crippen molar-refractivity contribution < 1.29 is 17.9 Å². The number of hydrogen-bond acceptors (Lipinski definition) is 1. The van der Waals surface area contributed by atoms with Gasteiger partial charge in [-0.15, -0.1) is 0 Å². The first kappa shape index (κ1) is 11.9. The van der Waals surface area contributed by atoms with Gasteiger partial charge in [0, 0.05) is 0 Å². The summed E-state index contributed by atoms with van der Waals surface area (Å²) in [6.45, 7) is 4.84. The second-order valence-corrected chi connectivity index (χ2v) is 3.54. The molecule has 1 aromatic rings. The second kappa shape index (κ2) is 3.76. The minimum Gasteiger partial charge on any atom is -0.496 e. The Morgan fingerprint density at radius 1 is 1.07 bits per heavy atom. The molecule has 0 aromatic heterocycles. The van der Waals surface area contributed by atoms with E-state index in [0.29, 0.717) is 5.56 Å². The van der Waals surface area contributed by atoms with E-state index in [2.05, 4.69) is 0 Å². The smallest absolute Gasteiger partial charge is 0.420 e. The maximum absolute atomic E-state index is 12.7. The quantitative estimate of drug-likeness (QED) is 0.699. The van der Waals surface area contributed by atoms with Crippen molar-refractivity contribution in [2.24, 2.45) is 0 Å². The van der Waals surface area contributed by atoms with Crippen LogP contribution in [-0.2, 0) is 6.18 Å². The van der Waals surface area contributed by atoms with Crippen LogP contribution in [0.3, 0.4) is 0 Å². The maximum atomic E-state index is 12.7. The van der Waals surface area contributed by atoms with Crippen LogP contribution in [-0.4, -0.2) is 7.11 Å². The molecule has 0 fully saturated rings. The van der Waals surface area contributed by atoms with Crippen LogP contribution in [0.5, 0.6) is 5.75 Å². The highest BCUT2D eigenvalue weighted by Crippen LogP contribution is 2.41. The Hall–Kier alpha value is -1.19. The number of halogens is 3. The molecule has 1 rings (SSSR count). The Labute approximate surface area is 86.9 Å². The number of ether oxygens (including phenoxy) is 1. The first-order chi connectivity index (χ1) is 6.79. The molecule has 0 atom stereocenters. The Morgan fingerprint density at radius 3 is 2.00 bits per heavy atom. The summed E-state index contributed by atoms with van der Waals surface area (Å²) in [7, 11) is 1.26. The molecule has 1 nitrogen and oxygen atoms in total. The van der Waals surface area contributed by atoms with Gasteiger partial charge in [-0.3, -0.25) is 0 Å². The topological polar surface area (TPSA) is 9.23 Å². The highest BCUT2D eigenvalue weighted by atomic mass is 19.4. The van der Waals surface area contributed by atoms with Gasteiger partial charge in [-0.1, -0.05) is 6.07 Å². The van der Waals surface area contributed by atoms with Crippen LogP contribution in [0.1, 0.15) is 22.3 Å². The number of benzene rings is 1. The lowest BCUT2D eigenvalue weighted by Crippen LogP contribution is -2.11. The summed E-state index contributed by atoms with van der Waals surface area (Å²) in [5, 5.41) is 0. The predicted octanol–water partition coefficient (Wildman–Crippen LogP) is 3.64. The van der Waals surface area contributed by atoms with Crippen molar-refractivity contribution in [1.29, 1.82) is 0 Å². The molecule has 0 saturated carbocycles. The van der Waals surface area contributed by atoms with Gasteiger partial charge in [-0.2, -0.15) is 13.2 Å². The summed E-state index contributed by atoms with van der Waals surface area (Å²) in [5.74, 6) is -0.0694. The van der Waals surface area contributed by atoms with Gasteiger partial charge in [-0.25, -0.2) is 0 Å². The van der Waals surface area contributed by atoms with E-state index in [-0.39, 0.29) is 11.3 Å². The molecule has 15 heavy (non-hydrogen) atoms. The second-order valence-electron chi connectivity index (χ2n) is 3.54. The number of alkyl halides is 3. The molecule has 84 valence electrons. The number of aryl methyl sites for hydroxylation is 2. The first-order valence-electron chi connectivity index (χ1n) is 4.51. The van der Waals surface area contributed by atoms with Crippen LogP contribution < -0.4 is 4.74 Å². The summed E-state index contributed by atoms with van der Waals surface area (Å²) in [6.07, 6.45) is -4.37. The van der Waals surface area contributed by atoms with Crippen molar-refractivity contribution in [1.82, 2.24) is 0 Å². The van der Waals surface area contributed by atoms with Crippen molar-refractivity contribution in [2.45, 2.75) is 26.9 Å². The minimum atomic E-state index is -4.37. The molecule has 0 aliphatic rings. The van der Waals surface area contributed by atoms with Crippen molar-refractivity contribution in [3.8, 4) is 5.75 Å². The molecular weight excluding hydrogens is 205 g/mol. The zero-order valence-corrected chi connectivity index (χ0v) is 9.12. The zero-order valence-electron chi connectivity index (χ0n) is 9.12. The predicted molar refractivity (Wildman–Crippen MR) is 52.2 cm³/mol. The van der Waals surface area contributed by atoms with Gasteiger partial charge >= 0.3 is 6.18 Å². The highest BCUT2D eigenvalue weighted by molar-refractivity contribution is 5.51. The van der Waals surface area contributed by atoms with Crippen LogP contribution >= 0.6 is 0 Å². The van der Waals surface area contributed by atoms with Crippen LogP contribution in [0.25, 0.3) is 0 Å². The largest absolute Gasteiger partial charge is 0.496 e. The fourth-order valence-electron chi connectivity index (χ4n) is 1.66. The lowest BCUT2D eigenvalue weighted by molar-refractivity contribution is -0.139. The van der Waals surface area contributed by atoms with Crippen molar-refractivity contribution >= 4 is 0 Å². The van der Waals surface area contributed by atoms with Gasteiger partial charge in [0.25, 0.3) is 0 Å². The lowest BCUT2D eigenvalue weighted by atomic mass is 9.99. The highest BCUT2D eigenvalue weighted by Gasteiger charge is 2.37. The monoisotopic (exact) mass is 218 g/mol. The van der Waals surface area contributed by atoms with E-state index >= 15 is 0 Å². The molecule has 0 saturated heterocycles. The van der Waals surface area contributed by atoms with Crippen LogP contribution in [0.2, 0.25) is 0 Å². The maximum Gasteiger partial charge on any atom is 0.420 e. The average Bonchev–Trinajstić information content (AvgIpc) is 2.08. The average molecular weight is 218 g/mol. The molecule has 0 amide bonds. The van der Waals surface area contributed by atoms with Crippen LogP contribution in [0.15, 0.2) is 6.07 Å². The summed E-state index contributed by atoms with van der Waals surface area (Å²) in [6, 6.07) is 1.53. The Morgan fingerprint density at radius 2 is 1.60 bits per heavy atom. The summed E-state index contributed by atoms with van der Waals surface area (Å²) in [5.41, 5.74) is 0.864. The van der Waals surface area contributed by atoms with Crippen molar-refractivity contribution in [3.63, 3.8) is 0 Å². The summed E-state index contributed by atoms with van der Waals surface area (Å²) in [4.78, 5) is 0. The Kier molecular flexibility index (Phi) is 2.98. The van der Waals surface area contributed by atoms with Crippen LogP contribution in [0.4, 0.5) is 13.2 Å². The van der Waals surface area contributed by atoms with Gasteiger partial charge in [0.1, 0.15) is 11.3 Å². The van der Waals surface area contributed by atoms with Crippen molar-refractivity contribution in [2.75, 3.05) is 7.11 Å². The molecule has 0 spiro atoms. The van der Waals surface area contributed by atoms with Gasteiger partial charge < -0.3 is 4.74 Å². The van der Waals surface area contributed by atoms with E-state index in [4.69, 9.17) is 4.74 Å². The van der Waals surface area contributed by atoms with E-state index in [1.807, 2.05) is 0 Å². The van der Waals surface area contributed by atoms with E-state index in [0.717, 1.165) is 5.56 Å². The molecule has 0 heterocycles. The normalized spacial score (nSPS) is 11.7. The Balaban J connectivity index is 3.57. The molecule has 0 aliphatic heterocycles. The van der Waals surface area contributed by atoms with E-state index in [9.17, 15) is 13.2 Å². The van der Waals surface area contributed by atoms with Gasteiger partial charge in [-0.05, 0) is 37.5 Å². The third-order valence-corrected chi connectivity index (χ3v) is 2.47. The molecule has 0 aliphatic carbocycles. The third-order valence-electron chi connectivity index (χ3n) is 2.47. The first-order valence-corrected chi connectivity index (χ1v) is 4.51. The summed E-state index contributed by atoms with van der Waals surface area (Å²) >= 11 is 0. The fourth-order valence-corrected chi connectivity index (χ4v) is 1.66. The lowest BCUT2D eigenvalue weighted by Gasteiger charge is -2.18. The third kappa shape index (κ3) is 2.08. The standard InChI is InChI=1S/C11H13F3O/c1-6-5-7(2)9(11(12,13)14)10(15-4)8(6)3/h5H,1-4H3. The fraction of sp³-hybridized carbons (Fsp3) is 0.455. The number of rotatable bonds is 1. The minimum absolute atomic E-state index is 0.0694. The zero-order chi connectivity index (χ0) is 11.8. The van der Waals surface area contributed by atoms with E-state index < -0.39 is 11.7 Å². The van der Waals surface area contributed by atoms with Crippen molar-refractivity contribution in [3.05, 3.63) is 28.3 Å². The molecule has 0 N–H and O–H groups in total. The van der Waals surface area contributed by atoms with Crippen LogP contribution in [0, 0.1) is 20.8 Å². The molecule has 0 unspecified atom stereocenters. The number of methoxy groups -OCH3 is 1. The molecule has 0 radical (unpaired) electrons. The number of hydrogen-bond donors (Lipinski definition) is 0. The van der Waals surface area contributed by atoms with E-state index in [1.165, 1.54) is 20.1 Å². The molecular formula is C11H13F3O. The van der Waals surface area contributed by atoms with Gasteiger partial charge in [0.2, 0.25) is 0 Å². The summed E-state index contributed by atoms with van der Waals surface area (Å²) < 4.78 is 43.0. The molecule has 1 aromatic carbocycles. The Bertz CT molecular complexity index is 380.